The zero-order valence-electron chi connectivity index (χ0n) is 15.9. The fourth-order valence-corrected chi connectivity index (χ4v) is 3.19. The molecule has 7 heteroatoms. The molecule has 0 spiro atoms. The van der Waals surface area contributed by atoms with E-state index in [1.807, 2.05) is 36.4 Å². The summed E-state index contributed by atoms with van der Waals surface area (Å²) in [5, 5.41) is 40.1. The Kier molecular flexibility index (Phi) is 6.22. The van der Waals surface area contributed by atoms with Crippen molar-refractivity contribution in [3.8, 4) is 11.5 Å². The molecule has 0 saturated carbocycles. The van der Waals surface area contributed by atoms with Crippen molar-refractivity contribution in [1.29, 1.82) is 0 Å². The lowest BCUT2D eigenvalue weighted by molar-refractivity contribution is -0.313. The van der Waals surface area contributed by atoms with Crippen molar-refractivity contribution < 1.29 is 34.6 Å². The predicted octanol–water partition coefficient (Wildman–Crippen LogP) is 0.855. The monoisotopic (exact) mass is 390 g/mol. The quantitative estimate of drug-likeness (QED) is 0.579. The van der Waals surface area contributed by atoms with Gasteiger partial charge in [0.25, 0.3) is 0 Å². The molecule has 1 aliphatic heterocycles. The van der Waals surface area contributed by atoms with E-state index < -0.39 is 36.8 Å². The normalized spacial score (nSPS) is 30.1. The molecule has 0 bridgehead atoms. The van der Waals surface area contributed by atoms with E-state index in [1.54, 1.807) is 19.2 Å². The summed E-state index contributed by atoms with van der Waals surface area (Å²) >= 11 is 0. The lowest BCUT2D eigenvalue weighted by atomic mass is 9.89. The molecule has 2 aromatic carbocycles. The maximum Gasteiger partial charge on any atom is 0.229 e. The van der Waals surface area contributed by atoms with E-state index >= 15 is 0 Å². The molecule has 3 rings (SSSR count). The largest absolute Gasteiger partial charge is 0.497 e. The van der Waals surface area contributed by atoms with Crippen molar-refractivity contribution in [2.24, 2.45) is 0 Å². The molecular weight excluding hydrogens is 364 g/mol. The summed E-state index contributed by atoms with van der Waals surface area (Å²) in [5.41, 5.74) is 0.446. The number of ether oxygens (including phenoxy) is 3. The van der Waals surface area contributed by atoms with Gasteiger partial charge >= 0.3 is 0 Å². The van der Waals surface area contributed by atoms with Gasteiger partial charge in [-0.15, -0.1) is 0 Å². The van der Waals surface area contributed by atoms with E-state index in [2.05, 4.69) is 0 Å². The molecule has 4 N–H and O–H groups in total. The number of benzene rings is 2. The number of aliphatic hydroxyl groups excluding tert-OH is 4. The second-order valence-corrected chi connectivity index (χ2v) is 7.13. The molecule has 0 aromatic heterocycles. The van der Waals surface area contributed by atoms with Crippen LogP contribution in [0.5, 0.6) is 11.5 Å². The zero-order chi connectivity index (χ0) is 20.3. The lowest BCUT2D eigenvalue weighted by Gasteiger charge is -2.45. The van der Waals surface area contributed by atoms with Gasteiger partial charge in [0.1, 0.15) is 35.4 Å². The Labute approximate surface area is 163 Å². The summed E-state index contributed by atoms with van der Waals surface area (Å²) in [6, 6.07) is 14.9. The van der Waals surface area contributed by atoms with Crippen LogP contribution in [-0.2, 0) is 11.2 Å². The number of aliphatic hydroxyl groups is 4. The molecule has 28 heavy (non-hydrogen) atoms. The number of hydrogen-bond acceptors (Lipinski definition) is 7. The highest BCUT2D eigenvalue weighted by Gasteiger charge is 2.51. The molecule has 0 radical (unpaired) electrons. The first-order valence-electron chi connectivity index (χ1n) is 9.08. The Hall–Kier alpha value is -2.16. The minimum absolute atomic E-state index is 0.478. The van der Waals surface area contributed by atoms with Gasteiger partial charge in [0, 0.05) is 6.42 Å². The van der Waals surface area contributed by atoms with Gasteiger partial charge in [-0.05, 0) is 36.2 Å². The third-order valence-corrected chi connectivity index (χ3v) is 5.05. The molecule has 5 atom stereocenters. The third kappa shape index (κ3) is 4.14. The molecule has 0 amide bonds. The van der Waals surface area contributed by atoms with Gasteiger partial charge in [0.15, 0.2) is 0 Å². The van der Waals surface area contributed by atoms with Crippen LogP contribution < -0.4 is 9.47 Å². The van der Waals surface area contributed by atoms with E-state index in [4.69, 9.17) is 14.2 Å². The number of hydrogen-bond donors (Lipinski definition) is 4. The number of rotatable bonds is 6. The molecule has 0 unspecified atom stereocenters. The molecule has 2 aromatic rings. The van der Waals surface area contributed by atoms with Gasteiger partial charge < -0.3 is 34.6 Å². The van der Waals surface area contributed by atoms with Crippen LogP contribution in [-0.4, -0.2) is 64.3 Å². The van der Waals surface area contributed by atoms with Crippen LogP contribution >= 0.6 is 0 Å². The third-order valence-electron chi connectivity index (χ3n) is 5.05. The van der Waals surface area contributed by atoms with Crippen LogP contribution in [0.25, 0.3) is 0 Å². The molecule has 1 saturated heterocycles. The molecule has 0 aliphatic carbocycles. The van der Waals surface area contributed by atoms with Crippen LogP contribution in [0, 0.1) is 0 Å². The molecule has 1 aliphatic rings. The second kappa shape index (κ2) is 8.46. The van der Waals surface area contributed by atoms with Crippen LogP contribution in [0.3, 0.4) is 0 Å². The van der Waals surface area contributed by atoms with Gasteiger partial charge in [0.05, 0.1) is 13.7 Å². The first-order chi connectivity index (χ1) is 13.4. The summed E-state index contributed by atoms with van der Waals surface area (Å²) in [5.74, 6) is 1.24. The van der Waals surface area contributed by atoms with E-state index in [9.17, 15) is 20.4 Å². The Morgan fingerprint density at radius 2 is 1.68 bits per heavy atom. The number of methoxy groups -OCH3 is 1. The van der Waals surface area contributed by atoms with Crippen molar-refractivity contribution in [1.82, 2.24) is 0 Å². The summed E-state index contributed by atoms with van der Waals surface area (Å²) in [4.78, 5) is 0. The lowest BCUT2D eigenvalue weighted by Crippen LogP contribution is -2.65. The first kappa shape index (κ1) is 20.6. The molecule has 152 valence electrons. The average Bonchev–Trinajstić information content (AvgIpc) is 2.72. The highest BCUT2D eigenvalue weighted by atomic mass is 16.7. The van der Waals surface area contributed by atoms with E-state index in [0.29, 0.717) is 12.2 Å². The topological polar surface area (TPSA) is 109 Å². The van der Waals surface area contributed by atoms with Gasteiger partial charge in [-0.2, -0.15) is 0 Å². The smallest absolute Gasteiger partial charge is 0.229 e. The minimum atomic E-state index is -1.51. The highest BCUT2D eigenvalue weighted by molar-refractivity contribution is 5.39. The Balaban J connectivity index is 1.80. The van der Waals surface area contributed by atoms with Gasteiger partial charge in [-0.3, -0.25) is 0 Å². The fourth-order valence-electron chi connectivity index (χ4n) is 3.19. The van der Waals surface area contributed by atoms with Crippen LogP contribution in [0.2, 0.25) is 0 Å². The number of para-hydroxylation sites is 1. The molecule has 1 heterocycles. The Bertz CT molecular complexity index is 779. The maximum absolute atomic E-state index is 10.3. The Morgan fingerprint density at radius 1 is 1.00 bits per heavy atom. The van der Waals surface area contributed by atoms with Crippen molar-refractivity contribution in [3.05, 3.63) is 59.7 Å². The fraction of sp³-hybridized carbons (Fsp3) is 0.429. The van der Waals surface area contributed by atoms with Crippen molar-refractivity contribution in [3.63, 3.8) is 0 Å². The first-order valence-corrected chi connectivity index (χ1v) is 9.08. The van der Waals surface area contributed by atoms with Crippen LogP contribution in [0.1, 0.15) is 18.1 Å². The van der Waals surface area contributed by atoms with Crippen LogP contribution in [0.4, 0.5) is 0 Å². The van der Waals surface area contributed by atoms with Crippen molar-refractivity contribution in [2.75, 3.05) is 13.7 Å². The molecular formula is C21H26O7. The van der Waals surface area contributed by atoms with Gasteiger partial charge in [0.2, 0.25) is 6.29 Å². The Morgan fingerprint density at radius 3 is 2.32 bits per heavy atom. The van der Waals surface area contributed by atoms with Crippen molar-refractivity contribution >= 4 is 0 Å². The highest BCUT2D eigenvalue weighted by Crippen LogP contribution is 2.32. The van der Waals surface area contributed by atoms with E-state index in [1.165, 1.54) is 6.92 Å². The van der Waals surface area contributed by atoms with E-state index in [0.717, 1.165) is 16.9 Å². The van der Waals surface area contributed by atoms with Crippen molar-refractivity contribution in [2.45, 2.75) is 43.5 Å². The molecule has 1 fully saturated rings. The summed E-state index contributed by atoms with van der Waals surface area (Å²) in [7, 11) is 1.61. The summed E-state index contributed by atoms with van der Waals surface area (Å²) in [6.07, 6.45) is -5.09. The standard InChI is InChI=1S/C21H26O7/c1-21(12-22)19(25)17(23)18(24)20(28-21)27-16-6-4-3-5-14(16)11-13-7-9-15(26-2)10-8-13/h3-10,17-20,22-25H,11-12H2,1-2H3/t17-,18-,19+,20+,21-/m1/s1. The van der Waals surface area contributed by atoms with E-state index in [-0.39, 0.29) is 0 Å². The molecule has 7 nitrogen and oxygen atoms in total. The second-order valence-electron chi connectivity index (χ2n) is 7.13. The minimum Gasteiger partial charge on any atom is -0.497 e. The maximum atomic E-state index is 10.3. The summed E-state index contributed by atoms with van der Waals surface area (Å²) < 4.78 is 16.6. The predicted molar refractivity (Wildman–Crippen MR) is 101 cm³/mol. The van der Waals surface area contributed by atoms with Crippen LogP contribution in [0.15, 0.2) is 48.5 Å². The SMILES string of the molecule is COc1ccc(Cc2ccccc2O[C@H]2O[C@](C)(CO)[C@@H](O)[C@H](O)[C@H]2O)cc1. The van der Waals surface area contributed by atoms with Gasteiger partial charge in [-0.1, -0.05) is 30.3 Å². The summed E-state index contributed by atoms with van der Waals surface area (Å²) in [6.45, 7) is 0.914. The zero-order valence-corrected chi connectivity index (χ0v) is 15.9. The van der Waals surface area contributed by atoms with Gasteiger partial charge in [-0.25, -0.2) is 0 Å². The average molecular weight is 390 g/mol.